The Morgan fingerprint density at radius 1 is 0.516 bits per heavy atom. The van der Waals surface area contributed by atoms with E-state index in [0.29, 0.717) is 38.8 Å². The molecule has 0 aromatic rings. The van der Waals surface area contributed by atoms with Crippen LogP contribution < -0.4 is 21.3 Å². The summed E-state index contributed by atoms with van der Waals surface area (Å²) in [4.78, 5) is 84.1. The lowest BCUT2D eigenvalue weighted by Crippen LogP contribution is -2.50. The Kier molecular flexibility index (Phi) is 23.3. The average molecular weight is 911 g/mol. The van der Waals surface area contributed by atoms with E-state index in [1.807, 2.05) is 6.92 Å². The van der Waals surface area contributed by atoms with E-state index in [2.05, 4.69) is 69.0 Å². The minimum atomic E-state index is -0.810. The van der Waals surface area contributed by atoms with Crippen molar-refractivity contribution in [2.75, 3.05) is 65.9 Å². The maximum atomic E-state index is 12.7. The molecule has 0 bridgehead atoms. The predicted octanol–water partition coefficient (Wildman–Crippen LogP) is 6.87. The van der Waals surface area contributed by atoms with Gasteiger partial charge in [-0.05, 0) is 85.9 Å². The van der Waals surface area contributed by atoms with Crippen LogP contribution in [-0.4, -0.2) is 120 Å². The van der Waals surface area contributed by atoms with Gasteiger partial charge < -0.3 is 59.2 Å². The summed E-state index contributed by atoms with van der Waals surface area (Å²) < 4.78 is 41.0. The third-order valence-electron chi connectivity index (χ3n) is 10.8. The number of esters is 2. The Bertz CT molecular complexity index is 1570. The number of amides is 4. The van der Waals surface area contributed by atoms with Crippen molar-refractivity contribution in [1.29, 1.82) is 0 Å². The molecule has 0 aromatic heterocycles. The van der Waals surface area contributed by atoms with Crippen molar-refractivity contribution in [2.45, 2.75) is 125 Å². The van der Waals surface area contributed by atoms with Crippen LogP contribution in [0, 0.1) is 27.6 Å². The van der Waals surface area contributed by atoms with Crippen LogP contribution in [0.1, 0.15) is 113 Å². The van der Waals surface area contributed by atoms with Gasteiger partial charge in [-0.3, -0.25) is 0 Å². The summed E-state index contributed by atoms with van der Waals surface area (Å²) in [5.74, 6) is -1.47. The number of hydrogen-bond acceptors (Lipinski definition) is 15. The van der Waals surface area contributed by atoms with Gasteiger partial charge in [0.2, 0.25) is 0 Å². The van der Waals surface area contributed by atoms with Crippen molar-refractivity contribution >= 4 is 42.5 Å². The molecule has 19 heteroatoms. The molecule has 2 fully saturated rings. The topological polar surface area (TPSA) is 241 Å². The summed E-state index contributed by atoms with van der Waals surface area (Å²) in [5.41, 5.74) is -0.859. The molecule has 0 aliphatic heterocycles. The number of rotatable bonds is 25. The zero-order valence-electron chi connectivity index (χ0n) is 39.1. The monoisotopic (exact) mass is 911 g/mol. The van der Waals surface area contributed by atoms with Gasteiger partial charge in [-0.15, -0.1) is 0 Å². The van der Waals surface area contributed by atoms with Crippen molar-refractivity contribution in [3.8, 4) is 0 Å². The lowest BCUT2D eigenvalue weighted by Gasteiger charge is -2.46. The second-order valence-electron chi connectivity index (χ2n) is 19.2. The molecule has 364 valence electrons. The fourth-order valence-corrected chi connectivity index (χ4v) is 8.90. The van der Waals surface area contributed by atoms with Gasteiger partial charge in [0.15, 0.2) is 0 Å². The van der Waals surface area contributed by atoms with Crippen LogP contribution in [0.2, 0.25) is 0 Å². The quantitative estimate of drug-likeness (QED) is 0.0316. The Morgan fingerprint density at radius 2 is 0.906 bits per heavy atom. The molecule has 0 aromatic carbocycles. The smallest absolute Gasteiger partial charge is 0.459 e. The minimum Gasteiger partial charge on any atom is -0.459 e. The van der Waals surface area contributed by atoms with Crippen LogP contribution in [0.5, 0.6) is 0 Å². The van der Waals surface area contributed by atoms with Gasteiger partial charge in [0.25, 0.3) is 0 Å². The van der Waals surface area contributed by atoms with Gasteiger partial charge in [0.05, 0.1) is 19.8 Å². The fraction of sp³-hybridized carbons (Fsp3) is 0.756. The number of unbranched alkanes of at least 4 members (excludes halogenated alkanes) is 3. The molecule has 0 saturated heterocycles. The zero-order chi connectivity index (χ0) is 47.8. The summed E-state index contributed by atoms with van der Waals surface area (Å²) in [5, 5.41) is 11.5. The molecule has 0 spiro atoms. The summed E-state index contributed by atoms with van der Waals surface area (Å²) in [7, 11) is 0. The maximum absolute atomic E-state index is 12.7. The third kappa shape index (κ3) is 24.0. The van der Waals surface area contributed by atoms with E-state index < -0.39 is 42.5 Å². The minimum absolute atomic E-state index is 0.000391. The van der Waals surface area contributed by atoms with E-state index in [4.69, 9.17) is 37.9 Å². The molecule has 5 unspecified atom stereocenters. The maximum Gasteiger partial charge on any atom is 0.508 e. The highest BCUT2D eigenvalue weighted by atomic mass is 16.7. The molecular formula is C45H74N4O15. The van der Waals surface area contributed by atoms with Crippen molar-refractivity contribution in [3.05, 3.63) is 25.3 Å². The van der Waals surface area contributed by atoms with Gasteiger partial charge in [0, 0.05) is 43.2 Å². The fourth-order valence-electron chi connectivity index (χ4n) is 8.90. The first kappa shape index (κ1) is 54.9. The first-order valence-corrected chi connectivity index (χ1v) is 22.1. The van der Waals surface area contributed by atoms with Gasteiger partial charge in [-0.1, -0.05) is 61.6 Å². The summed E-state index contributed by atoms with van der Waals surface area (Å²) in [6, 6.07) is -0.342. The molecular weight excluding hydrogens is 837 g/mol. The number of alkyl carbamates (subject to hydrolysis) is 4. The zero-order valence-corrected chi connectivity index (χ0v) is 39.1. The summed E-state index contributed by atoms with van der Waals surface area (Å²) >= 11 is 0. The normalized spacial score (nSPS) is 22.4. The standard InChI is InChI=1S/C45H74N4O15/c1-10-35(50)57-18-20-60-37(52)46-30-44(8)24-33(22-42(4,5)28-44)48-39(54)59-16-14-12-13-15-17-62-41(56)64-27-32(3)26-63-40(55)49-34-23-43(6,7)29-45(9,25-34)31-47-38(53)61-21-19-58-36(51)11-2/h10-11,32-34H,1-2,12-31H2,3-9H3,(H,46,52)(H,47,53)(H,48,54)(H,49,55). The molecule has 4 N–H and O–H groups in total. The Hall–Kier alpha value is -5.23. The largest absolute Gasteiger partial charge is 0.508 e. The van der Waals surface area contributed by atoms with E-state index in [1.54, 1.807) is 6.92 Å². The van der Waals surface area contributed by atoms with E-state index in [1.165, 1.54) is 0 Å². The number of ether oxygens (including phenoxy) is 8. The second kappa shape index (κ2) is 27.2. The van der Waals surface area contributed by atoms with Crippen LogP contribution in [-0.2, 0) is 47.5 Å². The third-order valence-corrected chi connectivity index (χ3v) is 10.8. The lowest BCUT2D eigenvalue weighted by molar-refractivity contribution is -0.139. The SMILES string of the molecule is C=CC(=O)OCCOC(=O)NCC1(C)CC(NC(=O)OCCCCCCOC(=O)OCC(C)COC(=O)NC2CC(C)(C)CC(C)(CNC(=O)OCCOC(=O)C=C)C2)CC(C)(C)C1. The molecule has 2 aliphatic rings. The molecule has 0 radical (unpaired) electrons. The molecule has 19 nitrogen and oxygen atoms in total. The second-order valence-corrected chi connectivity index (χ2v) is 19.2. The van der Waals surface area contributed by atoms with Crippen LogP contribution >= 0.6 is 0 Å². The van der Waals surface area contributed by atoms with Gasteiger partial charge in [0.1, 0.15) is 33.0 Å². The first-order chi connectivity index (χ1) is 30.1. The van der Waals surface area contributed by atoms with Gasteiger partial charge in [-0.2, -0.15) is 0 Å². The first-order valence-electron chi connectivity index (χ1n) is 22.1. The average Bonchev–Trinajstić information content (AvgIpc) is 3.20. The van der Waals surface area contributed by atoms with E-state index >= 15 is 0 Å². The predicted molar refractivity (Wildman–Crippen MR) is 234 cm³/mol. The van der Waals surface area contributed by atoms with Crippen LogP contribution in [0.25, 0.3) is 0 Å². The van der Waals surface area contributed by atoms with Crippen LogP contribution in [0.3, 0.4) is 0 Å². The molecule has 64 heavy (non-hydrogen) atoms. The number of carbonyl (C=O) groups is 7. The number of nitrogens with one attached hydrogen (secondary N) is 4. The highest BCUT2D eigenvalue weighted by molar-refractivity contribution is 5.81. The summed E-state index contributed by atoms with van der Waals surface area (Å²) in [6.45, 7) is 21.7. The van der Waals surface area contributed by atoms with Crippen LogP contribution in [0.15, 0.2) is 25.3 Å². The molecule has 2 saturated carbocycles. The van der Waals surface area contributed by atoms with Crippen LogP contribution in [0.4, 0.5) is 24.0 Å². The highest BCUT2D eigenvalue weighted by Crippen LogP contribution is 2.47. The number of hydrogen-bond donors (Lipinski definition) is 4. The molecule has 2 aliphatic carbocycles. The lowest BCUT2D eigenvalue weighted by atomic mass is 9.62. The Morgan fingerprint density at radius 3 is 1.36 bits per heavy atom. The number of carbonyl (C=O) groups excluding carboxylic acids is 7. The van der Waals surface area contributed by atoms with E-state index in [9.17, 15) is 33.6 Å². The molecule has 4 amide bonds. The molecule has 2 rings (SSSR count). The molecule has 5 atom stereocenters. The Balaban J connectivity index is 1.56. The molecule has 0 heterocycles. The summed E-state index contributed by atoms with van der Waals surface area (Å²) in [6.07, 6.45) is 6.02. The van der Waals surface area contributed by atoms with E-state index in [0.717, 1.165) is 50.7 Å². The Labute approximate surface area is 378 Å². The van der Waals surface area contributed by atoms with E-state index in [-0.39, 0.29) is 92.5 Å². The van der Waals surface area contributed by atoms with Crippen molar-refractivity contribution in [1.82, 2.24) is 21.3 Å². The highest BCUT2D eigenvalue weighted by Gasteiger charge is 2.43. The van der Waals surface area contributed by atoms with Gasteiger partial charge >= 0.3 is 42.5 Å². The van der Waals surface area contributed by atoms with Crippen molar-refractivity contribution in [2.24, 2.45) is 27.6 Å². The van der Waals surface area contributed by atoms with Crippen molar-refractivity contribution in [3.63, 3.8) is 0 Å². The van der Waals surface area contributed by atoms with Gasteiger partial charge in [-0.25, -0.2) is 33.6 Å². The van der Waals surface area contributed by atoms with Crippen molar-refractivity contribution < 1.29 is 71.5 Å².